The van der Waals surface area contributed by atoms with Crippen molar-refractivity contribution in [1.82, 2.24) is 20.2 Å². The van der Waals surface area contributed by atoms with Crippen molar-refractivity contribution in [1.29, 1.82) is 0 Å². The largest absolute Gasteiger partial charge is 0.309 e. The van der Waals surface area contributed by atoms with Gasteiger partial charge in [0.2, 0.25) is 5.91 Å². The first-order valence-corrected chi connectivity index (χ1v) is 8.46. The highest BCUT2D eigenvalue weighted by Crippen LogP contribution is 2.47. The zero-order valence-electron chi connectivity index (χ0n) is 13.9. The van der Waals surface area contributed by atoms with Crippen LogP contribution in [0.5, 0.6) is 0 Å². The second-order valence-electron chi connectivity index (χ2n) is 6.24. The summed E-state index contributed by atoms with van der Waals surface area (Å²) in [5.74, 6) is 0.903. The molecule has 0 saturated heterocycles. The van der Waals surface area contributed by atoms with Crippen molar-refractivity contribution < 1.29 is 4.79 Å². The molecule has 2 N–H and O–H groups in total. The van der Waals surface area contributed by atoms with Crippen LogP contribution in [0.4, 0.5) is 5.82 Å². The highest BCUT2D eigenvalue weighted by atomic mass is 16.2. The van der Waals surface area contributed by atoms with E-state index in [0.717, 1.165) is 35.2 Å². The molecule has 1 saturated carbocycles. The zero-order valence-corrected chi connectivity index (χ0v) is 13.9. The number of aromatic nitrogens is 4. The van der Waals surface area contributed by atoms with E-state index in [9.17, 15) is 4.79 Å². The smallest absolute Gasteiger partial charge is 0.229 e. The molecular formula is C19H19N5O. The molecule has 2 atom stereocenters. The lowest BCUT2D eigenvalue weighted by molar-refractivity contribution is -0.117. The highest BCUT2D eigenvalue weighted by Gasteiger charge is 2.44. The van der Waals surface area contributed by atoms with Crippen molar-refractivity contribution in [2.75, 3.05) is 5.32 Å². The molecular weight excluding hydrogens is 314 g/mol. The number of aromatic amines is 1. The van der Waals surface area contributed by atoms with Gasteiger partial charge in [-0.1, -0.05) is 13.0 Å². The Bertz CT molecular complexity index is 875. The van der Waals surface area contributed by atoms with Crippen molar-refractivity contribution in [2.45, 2.75) is 25.7 Å². The zero-order chi connectivity index (χ0) is 17.2. The molecule has 0 aromatic carbocycles. The van der Waals surface area contributed by atoms with E-state index in [1.807, 2.05) is 30.5 Å². The number of H-pyrrole nitrogens is 1. The lowest BCUT2D eigenvalue weighted by Gasteiger charge is -2.05. The van der Waals surface area contributed by atoms with Gasteiger partial charge in [-0.2, -0.15) is 5.10 Å². The van der Waals surface area contributed by atoms with Crippen molar-refractivity contribution in [3.05, 3.63) is 60.2 Å². The molecule has 1 aliphatic carbocycles. The molecule has 0 aliphatic heterocycles. The van der Waals surface area contributed by atoms with E-state index in [-0.39, 0.29) is 17.7 Å². The Morgan fingerprint density at radius 2 is 2.08 bits per heavy atom. The van der Waals surface area contributed by atoms with Gasteiger partial charge in [0.15, 0.2) is 5.82 Å². The molecule has 6 nitrogen and oxygen atoms in total. The maximum absolute atomic E-state index is 12.6. The fourth-order valence-electron chi connectivity index (χ4n) is 3.23. The molecule has 126 valence electrons. The molecule has 1 aliphatic rings. The second kappa shape index (κ2) is 6.47. The maximum Gasteiger partial charge on any atom is 0.229 e. The fourth-order valence-corrected chi connectivity index (χ4v) is 3.23. The number of nitrogens with one attached hydrogen (secondary N) is 2. The van der Waals surface area contributed by atoms with Gasteiger partial charge in [-0.3, -0.25) is 19.9 Å². The van der Waals surface area contributed by atoms with E-state index in [1.165, 1.54) is 0 Å². The standard InChI is InChI=1S/C19H19N5O/c1-2-14-17(12-5-8-20-9-6-12)23-24-18(14)22-19(25)16-10-15(16)13-4-3-7-21-11-13/h3-9,11,15-16H,2,10H2,1H3,(H2,22,23,24,25). The van der Waals surface area contributed by atoms with Crippen LogP contribution in [0.25, 0.3) is 11.3 Å². The molecule has 6 heteroatoms. The summed E-state index contributed by atoms with van der Waals surface area (Å²) in [5.41, 5.74) is 4.08. The molecule has 3 aromatic heterocycles. The third kappa shape index (κ3) is 3.03. The van der Waals surface area contributed by atoms with Crippen LogP contribution in [0.2, 0.25) is 0 Å². The Kier molecular flexibility index (Phi) is 4.01. The lowest BCUT2D eigenvalue weighted by atomic mass is 10.1. The first-order valence-electron chi connectivity index (χ1n) is 8.46. The molecule has 1 amide bonds. The van der Waals surface area contributed by atoms with E-state index in [0.29, 0.717) is 5.82 Å². The minimum Gasteiger partial charge on any atom is -0.309 e. The first-order chi connectivity index (χ1) is 12.3. The van der Waals surface area contributed by atoms with Gasteiger partial charge < -0.3 is 5.32 Å². The third-order valence-electron chi connectivity index (χ3n) is 4.67. The molecule has 3 heterocycles. The van der Waals surface area contributed by atoms with Crippen molar-refractivity contribution >= 4 is 11.7 Å². The van der Waals surface area contributed by atoms with Gasteiger partial charge in [0, 0.05) is 41.8 Å². The summed E-state index contributed by atoms with van der Waals surface area (Å²) in [5, 5.41) is 10.4. The Labute approximate surface area is 145 Å². The van der Waals surface area contributed by atoms with Crippen molar-refractivity contribution in [2.24, 2.45) is 5.92 Å². The Morgan fingerprint density at radius 3 is 2.80 bits per heavy atom. The molecule has 0 bridgehead atoms. The Morgan fingerprint density at radius 1 is 1.24 bits per heavy atom. The predicted molar refractivity (Wildman–Crippen MR) is 94.9 cm³/mol. The van der Waals surface area contributed by atoms with Crippen LogP contribution in [0.1, 0.15) is 30.4 Å². The summed E-state index contributed by atoms with van der Waals surface area (Å²) < 4.78 is 0. The Balaban J connectivity index is 1.50. The number of carbonyl (C=O) groups excluding carboxylic acids is 1. The number of hydrogen-bond donors (Lipinski definition) is 2. The van der Waals surface area contributed by atoms with Gasteiger partial charge in [0.05, 0.1) is 5.69 Å². The number of anilines is 1. The van der Waals surface area contributed by atoms with Gasteiger partial charge in [-0.05, 0) is 42.5 Å². The Hall–Kier alpha value is -3.02. The average Bonchev–Trinajstić information content (AvgIpc) is 3.38. The molecule has 3 aromatic rings. The first kappa shape index (κ1) is 15.5. The fraction of sp³-hybridized carbons (Fsp3) is 0.263. The van der Waals surface area contributed by atoms with Gasteiger partial charge in [-0.15, -0.1) is 0 Å². The van der Waals surface area contributed by atoms with Crippen LogP contribution in [-0.2, 0) is 11.2 Å². The van der Waals surface area contributed by atoms with Crippen molar-refractivity contribution in [3.63, 3.8) is 0 Å². The summed E-state index contributed by atoms with van der Waals surface area (Å²) >= 11 is 0. The normalized spacial score (nSPS) is 18.8. The topological polar surface area (TPSA) is 83.6 Å². The van der Waals surface area contributed by atoms with Crippen LogP contribution in [-0.4, -0.2) is 26.1 Å². The summed E-state index contributed by atoms with van der Waals surface area (Å²) in [6.07, 6.45) is 8.72. The van der Waals surface area contributed by atoms with E-state index in [4.69, 9.17) is 0 Å². The van der Waals surface area contributed by atoms with Gasteiger partial charge in [-0.25, -0.2) is 0 Å². The summed E-state index contributed by atoms with van der Waals surface area (Å²) in [7, 11) is 0. The van der Waals surface area contributed by atoms with E-state index >= 15 is 0 Å². The van der Waals surface area contributed by atoms with Crippen LogP contribution in [0, 0.1) is 5.92 Å². The summed E-state index contributed by atoms with van der Waals surface area (Å²) in [6, 6.07) is 7.79. The summed E-state index contributed by atoms with van der Waals surface area (Å²) in [4.78, 5) is 20.8. The molecule has 1 fully saturated rings. The van der Waals surface area contributed by atoms with Crippen LogP contribution >= 0.6 is 0 Å². The van der Waals surface area contributed by atoms with Gasteiger partial charge in [0.1, 0.15) is 0 Å². The maximum atomic E-state index is 12.6. The predicted octanol–water partition coefficient (Wildman–Crippen LogP) is 3.17. The third-order valence-corrected chi connectivity index (χ3v) is 4.67. The number of rotatable bonds is 5. The molecule has 0 spiro atoms. The number of hydrogen-bond acceptors (Lipinski definition) is 4. The van der Waals surface area contributed by atoms with Gasteiger partial charge in [0.25, 0.3) is 0 Å². The van der Waals surface area contributed by atoms with Crippen molar-refractivity contribution in [3.8, 4) is 11.3 Å². The minimum atomic E-state index is -0.00465. The average molecular weight is 333 g/mol. The SMILES string of the molecule is CCc1c(NC(=O)C2CC2c2cccnc2)n[nH]c1-c1ccncc1. The van der Waals surface area contributed by atoms with Crippen LogP contribution in [0.3, 0.4) is 0 Å². The highest BCUT2D eigenvalue weighted by molar-refractivity contribution is 5.95. The van der Waals surface area contributed by atoms with E-state index in [2.05, 4.69) is 32.4 Å². The number of pyridine rings is 2. The minimum absolute atomic E-state index is 0.00465. The quantitative estimate of drug-likeness (QED) is 0.751. The second-order valence-corrected chi connectivity index (χ2v) is 6.24. The number of amides is 1. The van der Waals surface area contributed by atoms with E-state index in [1.54, 1.807) is 18.6 Å². The molecule has 0 radical (unpaired) electrons. The molecule has 2 unspecified atom stereocenters. The van der Waals surface area contributed by atoms with Crippen LogP contribution in [0.15, 0.2) is 49.1 Å². The number of nitrogens with zero attached hydrogens (tertiary/aromatic N) is 3. The van der Waals surface area contributed by atoms with Crippen LogP contribution < -0.4 is 5.32 Å². The number of carbonyl (C=O) groups is 1. The van der Waals surface area contributed by atoms with Gasteiger partial charge >= 0.3 is 0 Å². The summed E-state index contributed by atoms with van der Waals surface area (Å²) in [6.45, 7) is 2.06. The monoisotopic (exact) mass is 333 g/mol. The lowest BCUT2D eigenvalue weighted by Crippen LogP contribution is -2.16. The van der Waals surface area contributed by atoms with E-state index < -0.39 is 0 Å². The molecule has 4 rings (SSSR count). The molecule has 25 heavy (non-hydrogen) atoms.